The van der Waals surface area contributed by atoms with E-state index in [1.165, 1.54) is 41.0 Å². The van der Waals surface area contributed by atoms with E-state index in [2.05, 4.69) is 73.0 Å². The van der Waals surface area contributed by atoms with Gasteiger partial charge in [0, 0.05) is 55.0 Å². The third-order valence-electron chi connectivity index (χ3n) is 7.90. The van der Waals surface area contributed by atoms with Gasteiger partial charge in [-0.3, -0.25) is 4.79 Å². The van der Waals surface area contributed by atoms with Crippen molar-refractivity contribution in [1.82, 2.24) is 5.32 Å². The molecular formula is C35H57N3O4S. The lowest BCUT2D eigenvalue weighted by Crippen LogP contribution is -2.29. The van der Waals surface area contributed by atoms with Gasteiger partial charge in [-0.05, 0) is 92.4 Å². The molecule has 1 aliphatic heterocycles. The molecule has 2 aromatic carbocycles. The Kier molecular flexibility index (Phi) is 17.9. The number of hydrogen-bond donors (Lipinski definition) is 5. The van der Waals surface area contributed by atoms with Crippen molar-refractivity contribution in [2.24, 2.45) is 5.92 Å². The van der Waals surface area contributed by atoms with Crippen LogP contribution in [0.3, 0.4) is 0 Å². The molecule has 4 atom stereocenters. The Morgan fingerprint density at radius 3 is 2.53 bits per heavy atom. The molecule has 1 aliphatic rings. The topological polar surface area (TPSA) is 105 Å². The Morgan fingerprint density at radius 1 is 1.05 bits per heavy atom. The number of aliphatic hydroxyl groups is 3. The minimum atomic E-state index is -0.774. The Hall–Kier alpha value is -2.10. The number of benzene rings is 2. The van der Waals surface area contributed by atoms with Gasteiger partial charge >= 0.3 is 0 Å². The number of aliphatic hydroxyl groups excluding tert-OH is 3. The summed E-state index contributed by atoms with van der Waals surface area (Å²) < 4.78 is 0. The van der Waals surface area contributed by atoms with E-state index >= 15 is 0 Å². The average molecular weight is 616 g/mol. The lowest BCUT2D eigenvalue weighted by molar-refractivity contribution is -0.116. The van der Waals surface area contributed by atoms with Crippen LogP contribution >= 0.6 is 11.8 Å². The standard InChI is InChI=1S/C33H51N3O4S.C2H6/c1-4-5-9-24-18-30(31-20-27(36(2)3)13-16-32(31)41-23-24)25-10-8-11-26(19-25)35-33(40)12-6-7-17-34-21-28(38)14-15-29(39)22-37;1-2/h8,10-11,13,16,19-20,24,28-30,34,37-39H,4-7,9,12,14-15,17-18,21-23H2,1-3H3,(H,35,40);1-2H3/t24?,28-,29?,30-;/m1./s1. The first-order valence-corrected chi connectivity index (χ1v) is 17.3. The van der Waals surface area contributed by atoms with Crippen molar-refractivity contribution < 1.29 is 20.1 Å². The second-order valence-electron chi connectivity index (χ2n) is 11.6. The van der Waals surface area contributed by atoms with Gasteiger partial charge in [-0.15, -0.1) is 11.8 Å². The second-order valence-corrected chi connectivity index (χ2v) is 12.7. The van der Waals surface area contributed by atoms with Crippen LogP contribution in [0, 0.1) is 5.92 Å². The van der Waals surface area contributed by atoms with Gasteiger partial charge in [-0.1, -0.05) is 45.7 Å². The predicted molar refractivity (Wildman–Crippen MR) is 182 cm³/mol. The van der Waals surface area contributed by atoms with Crippen LogP contribution in [0.2, 0.25) is 0 Å². The number of nitrogens with one attached hydrogen (secondary N) is 2. The lowest BCUT2D eigenvalue weighted by atomic mass is 9.82. The quantitative estimate of drug-likeness (QED) is 0.131. The van der Waals surface area contributed by atoms with Gasteiger partial charge in [0.25, 0.3) is 0 Å². The summed E-state index contributed by atoms with van der Waals surface area (Å²) in [6, 6.07) is 15.3. The number of unbranched alkanes of at least 4 members (excludes halogenated alkanes) is 2. The maximum absolute atomic E-state index is 12.7. The Bertz CT molecular complexity index is 1070. The molecule has 2 unspecified atom stereocenters. The molecule has 0 radical (unpaired) electrons. The number of thioether (sulfide) groups is 1. The molecule has 242 valence electrons. The van der Waals surface area contributed by atoms with Crippen molar-refractivity contribution in [2.75, 3.05) is 49.8 Å². The molecule has 3 rings (SSSR count). The van der Waals surface area contributed by atoms with Crippen molar-refractivity contribution in [2.45, 2.75) is 102 Å². The number of carbonyl (C=O) groups is 1. The summed E-state index contributed by atoms with van der Waals surface area (Å²) in [4.78, 5) is 16.3. The average Bonchev–Trinajstić information content (AvgIpc) is 3.20. The van der Waals surface area contributed by atoms with Crippen LogP contribution in [0.4, 0.5) is 11.4 Å². The molecule has 1 amide bonds. The summed E-state index contributed by atoms with van der Waals surface area (Å²) >= 11 is 2.00. The summed E-state index contributed by atoms with van der Waals surface area (Å²) in [5, 5.41) is 34.5. The van der Waals surface area contributed by atoms with Crippen LogP contribution < -0.4 is 15.5 Å². The molecule has 0 saturated carbocycles. The summed E-state index contributed by atoms with van der Waals surface area (Å²) in [5.41, 5.74) is 4.73. The highest BCUT2D eigenvalue weighted by molar-refractivity contribution is 7.99. The fraction of sp³-hybridized carbons (Fsp3) is 0.629. The first-order valence-electron chi connectivity index (χ1n) is 16.3. The highest BCUT2D eigenvalue weighted by atomic mass is 32.2. The minimum absolute atomic E-state index is 0.0210. The Labute approximate surface area is 264 Å². The smallest absolute Gasteiger partial charge is 0.224 e. The van der Waals surface area contributed by atoms with E-state index < -0.39 is 12.2 Å². The molecule has 0 bridgehead atoms. The van der Waals surface area contributed by atoms with Crippen LogP contribution in [0.15, 0.2) is 47.4 Å². The maximum Gasteiger partial charge on any atom is 0.224 e. The van der Waals surface area contributed by atoms with E-state index in [1.54, 1.807) is 0 Å². The van der Waals surface area contributed by atoms with Crippen LogP contribution in [-0.2, 0) is 4.79 Å². The lowest BCUT2D eigenvalue weighted by Gasteiger charge is -2.24. The zero-order valence-corrected chi connectivity index (χ0v) is 28.0. The number of fused-ring (bicyclic) bond motifs is 1. The predicted octanol–water partition coefficient (Wildman–Crippen LogP) is 6.41. The Balaban J connectivity index is 0.00000316. The summed E-state index contributed by atoms with van der Waals surface area (Å²) in [7, 11) is 4.18. The SMILES string of the molecule is CC.CCCCC1CSc2ccc(N(C)C)cc2[C@@H](c2cccc(NC(=O)CCCCNC[C@H](O)CCC(O)CO)c2)C1. The van der Waals surface area contributed by atoms with E-state index in [9.17, 15) is 15.0 Å². The second kappa shape index (κ2) is 20.8. The van der Waals surface area contributed by atoms with E-state index in [4.69, 9.17) is 5.11 Å². The molecule has 0 aliphatic carbocycles. The van der Waals surface area contributed by atoms with Crippen LogP contribution in [0.25, 0.3) is 0 Å². The number of rotatable bonds is 17. The molecule has 43 heavy (non-hydrogen) atoms. The minimum Gasteiger partial charge on any atom is -0.394 e. The summed E-state index contributed by atoms with van der Waals surface area (Å²) in [6.07, 6.45) is 6.40. The highest BCUT2D eigenvalue weighted by Gasteiger charge is 2.27. The van der Waals surface area contributed by atoms with E-state index in [-0.39, 0.29) is 12.5 Å². The zero-order chi connectivity index (χ0) is 31.6. The summed E-state index contributed by atoms with van der Waals surface area (Å²) in [5.74, 6) is 2.14. The van der Waals surface area contributed by atoms with Gasteiger partial charge < -0.3 is 30.9 Å². The van der Waals surface area contributed by atoms with Gasteiger partial charge in [0.05, 0.1) is 18.8 Å². The fourth-order valence-corrected chi connectivity index (χ4v) is 6.65. The normalized spacial score (nSPS) is 17.6. The number of carbonyl (C=O) groups excluding carboxylic acids is 1. The molecule has 0 saturated heterocycles. The molecule has 0 spiro atoms. The third kappa shape index (κ3) is 13.2. The maximum atomic E-state index is 12.7. The van der Waals surface area contributed by atoms with Gasteiger partial charge in [0.15, 0.2) is 0 Å². The molecule has 2 aromatic rings. The third-order valence-corrected chi connectivity index (χ3v) is 9.22. The number of nitrogens with zero attached hydrogens (tertiary/aromatic N) is 1. The molecule has 8 heteroatoms. The molecular weight excluding hydrogens is 558 g/mol. The van der Waals surface area contributed by atoms with Crippen LogP contribution in [0.5, 0.6) is 0 Å². The van der Waals surface area contributed by atoms with E-state index in [1.807, 2.05) is 31.7 Å². The first kappa shape index (κ1) is 37.1. The van der Waals surface area contributed by atoms with Crippen LogP contribution in [0.1, 0.15) is 95.6 Å². The van der Waals surface area contributed by atoms with Crippen molar-refractivity contribution in [1.29, 1.82) is 0 Å². The number of anilines is 2. The highest BCUT2D eigenvalue weighted by Crippen LogP contribution is 2.44. The van der Waals surface area contributed by atoms with Gasteiger partial charge in [-0.25, -0.2) is 0 Å². The van der Waals surface area contributed by atoms with E-state index in [0.717, 1.165) is 37.2 Å². The summed E-state index contributed by atoms with van der Waals surface area (Å²) in [6.45, 7) is 7.14. The molecule has 0 aromatic heterocycles. The molecule has 5 N–H and O–H groups in total. The van der Waals surface area contributed by atoms with Crippen molar-refractivity contribution in [3.63, 3.8) is 0 Å². The van der Waals surface area contributed by atoms with Crippen molar-refractivity contribution in [3.05, 3.63) is 53.6 Å². The number of hydrogen-bond acceptors (Lipinski definition) is 7. The van der Waals surface area contributed by atoms with Crippen molar-refractivity contribution >= 4 is 29.0 Å². The van der Waals surface area contributed by atoms with Crippen LogP contribution in [-0.4, -0.2) is 73.0 Å². The monoisotopic (exact) mass is 615 g/mol. The number of amides is 1. The Morgan fingerprint density at radius 2 is 1.81 bits per heavy atom. The molecule has 0 fully saturated rings. The van der Waals surface area contributed by atoms with E-state index in [0.29, 0.717) is 37.6 Å². The molecule has 1 heterocycles. The van der Waals surface area contributed by atoms with Crippen molar-refractivity contribution in [3.8, 4) is 0 Å². The zero-order valence-electron chi connectivity index (χ0n) is 27.1. The van der Waals surface area contributed by atoms with Gasteiger partial charge in [0.1, 0.15) is 0 Å². The first-order chi connectivity index (χ1) is 20.8. The largest absolute Gasteiger partial charge is 0.394 e. The van der Waals surface area contributed by atoms with Gasteiger partial charge in [-0.2, -0.15) is 0 Å². The fourth-order valence-electron chi connectivity index (χ4n) is 5.40. The van der Waals surface area contributed by atoms with Gasteiger partial charge in [0.2, 0.25) is 5.91 Å². The molecule has 7 nitrogen and oxygen atoms in total.